The number of carbonyl (C=O) groups is 2. The first-order valence-electron chi connectivity index (χ1n) is 11.3. The maximum absolute atomic E-state index is 11.9. The van der Waals surface area contributed by atoms with Crippen LogP contribution in [0.15, 0.2) is 72.3 Å². The second-order valence-electron chi connectivity index (χ2n) is 7.75. The van der Waals surface area contributed by atoms with Crippen LogP contribution in [0.5, 0.6) is 5.75 Å². The molecule has 0 heterocycles. The predicted molar refractivity (Wildman–Crippen MR) is 137 cm³/mol. The minimum Gasteiger partial charge on any atom is -0.493 e. The molecule has 2 aromatic rings. The van der Waals surface area contributed by atoms with Gasteiger partial charge in [-0.05, 0) is 63.3 Å². The molecule has 0 saturated heterocycles. The van der Waals surface area contributed by atoms with E-state index in [2.05, 4.69) is 19.1 Å². The van der Waals surface area contributed by atoms with E-state index in [0.29, 0.717) is 13.0 Å². The number of carbonyl (C=O) groups excluding carboxylic acids is 1. The molecule has 2 rings (SSSR count). The van der Waals surface area contributed by atoms with Crippen LogP contribution in [0.25, 0.3) is 6.08 Å². The molecule has 0 fully saturated rings. The standard InChI is InChI=1S/C15H20O3.C14H16O/c1-3-4-6-13-9-8-12(2)14(11-13)18-10-5-7-15(16)17;1-4-5-6-12(3)14(15)13-9-7-11(2)8-10-13/h4,6,8-9,11H,3,5,7,10H2,1-2H3,(H,16,17);4-10H,1-3H3/b6-4+;5-4-,12-6+. The highest BCUT2D eigenvalue weighted by Crippen LogP contribution is 2.21. The van der Waals surface area contributed by atoms with Gasteiger partial charge < -0.3 is 9.84 Å². The van der Waals surface area contributed by atoms with Crippen molar-refractivity contribution in [2.45, 2.75) is 53.9 Å². The molecule has 0 saturated carbocycles. The van der Waals surface area contributed by atoms with Gasteiger partial charge in [-0.1, -0.05) is 79.3 Å². The van der Waals surface area contributed by atoms with Gasteiger partial charge in [-0.2, -0.15) is 0 Å². The summed E-state index contributed by atoms with van der Waals surface area (Å²) in [6, 6.07) is 13.7. The van der Waals surface area contributed by atoms with Crippen molar-refractivity contribution in [3.63, 3.8) is 0 Å². The summed E-state index contributed by atoms with van der Waals surface area (Å²) in [6.07, 6.45) is 11.5. The van der Waals surface area contributed by atoms with Gasteiger partial charge in [-0.3, -0.25) is 9.59 Å². The molecule has 0 aliphatic rings. The van der Waals surface area contributed by atoms with Gasteiger partial charge in [0.05, 0.1) is 6.61 Å². The summed E-state index contributed by atoms with van der Waals surface area (Å²) < 4.78 is 5.61. The topological polar surface area (TPSA) is 63.6 Å². The second kappa shape index (κ2) is 15.4. The van der Waals surface area contributed by atoms with Gasteiger partial charge in [-0.15, -0.1) is 0 Å². The third-order valence-electron chi connectivity index (χ3n) is 4.76. The lowest BCUT2D eigenvalue weighted by molar-refractivity contribution is -0.137. The molecule has 2 aromatic carbocycles. The van der Waals surface area contributed by atoms with E-state index in [4.69, 9.17) is 9.84 Å². The van der Waals surface area contributed by atoms with Gasteiger partial charge in [0.2, 0.25) is 0 Å². The maximum Gasteiger partial charge on any atom is 0.303 e. The zero-order valence-electron chi connectivity index (χ0n) is 20.4. The number of benzene rings is 2. The first-order valence-corrected chi connectivity index (χ1v) is 11.3. The summed E-state index contributed by atoms with van der Waals surface area (Å²) in [7, 11) is 0. The largest absolute Gasteiger partial charge is 0.493 e. The van der Waals surface area contributed by atoms with Crippen molar-refractivity contribution in [3.8, 4) is 5.75 Å². The molecular weight excluding hydrogens is 412 g/mol. The minimum absolute atomic E-state index is 0.0908. The number of ketones is 1. The van der Waals surface area contributed by atoms with Crippen LogP contribution in [0.1, 0.15) is 67.1 Å². The monoisotopic (exact) mass is 448 g/mol. The summed E-state index contributed by atoms with van der Waals surface area (Å²) in [6.45, 7) is 10.3. The fourth-order valence-electron chi connectivity index (χ4n) is 2.78. The van der Waals surface area contributed by atoms with Crippen LogP contribution in [0.4, 0.5) is 0 Å². The predicted octanol–water partition coefficient (Wildman–Crippen LogP) is 7.36. The molecule has 0 aliphatic carbocycles. The third-order valence-corrected chi connectivity index (χ3v) is 4.76. The van der Waals surface area contributed by atoms with Crippen molar-refractivity contribution in [2.24, 2.45) is 0 Å². The molecule has 4 heteroatoms. The van der Waals surface area contributed by atoms with Crippen molar-refractivity contribution >= 4 is 17.8 Å². The molecule has 0 spiro atoms. The molecular formula is C29H36O4. The number of rotatable bonds is 10. The van der Waals surface area contributed by atoms with E-state index >= 15 is 0 Å². The van der Waals surface area contributed by atoms with E-state index in [-0.39, 0.29) is 12.2 Å². The van der Waals surface area contributed by atoms with Crippen LogP contribution in [0, 0.1) is 13.8 Å². The Bertz CT molecular complexity index is 979. The minimum atomic E-state index is -0.782. The first-order chi connectivity index (χ1) is 15.8. The number of hydrogen-bond acceptors (Lipinski definition) is 3. The lowest BCUT2D eigenvalue weighted by Crippen LogP contribution is -2.03. The lowest BCUT2D eigenvalue weighted by Gasteiger charge is -2.09. The van der Waals surface area contributed by atoms with Crippen molar-refractivity contribution < 1.29 is 19.4 Å². The SMILES string of the molecule is C/C=C\C=C(/C)C(=O)c1ccc(C)cc1.CC/C=C/c1ccc(C)c(OCCCC(=O)O)c1. The molecule has 0 unspecified atom stereocenters. The summed E-state index contributed by atoms with van der Waals surface area (Å²) >= 11 is 0. The fraction of sp³-hybridized carbons (Fsp3) is 0.310. The van der Waals surface area contributed by atoms with E-state index < -0.39 is 5.97 Å². The molecule has 0 aliphatic heterocycles. The highest BCUT2D eigenvalue weighted by molar-refractivity contribution is 6.08. The molecule has 0 radical (unpaired) electrons. The number of aryl methyl sites for hydroxylation is 2. The Hall–Kier alpha value is -3.40. The molecule has 0 aromatic heterocycles. The van der Waals surface area contributed by atoms with Gasteiger partial charge >= 0.3 is 5.97 Å². The van der Waals surface area contributed by atoms with E-state index in [0.717, 1.165) is 34.4 Å². The number of Topliss-reactive ketones (excluding diaryl/α,β-unsaturated/α-hetero) is 1. The number of carboxylic acid groups (broad SMARTS) is 1. The molecule has 33 heavy (non-hydrogen) atoms. The normalized spacial score (nSPS) is 11.4. The van der Waals surface area contributed by atoms with Crippen molar-refractivity contribution in [2.75, 3.05) is 6.61 Å². The van der Waals surface area contributed by atoms with E-state index in [1.165, 1.54) is 5.56 Å². The average molecular weight is 449 g/mol. The molecule has 0 bridgehead atoms. The van der Waals surface area contributed by atoms with Gasteiger partial charge in [0.15, 0.2) is 5.78 Å². The zero-order chi connectivity index (χ0) is 24.6. The van der Waals surface area contributed by atoms with Crippen LogP contribution in [-0.4, -0.2) is 23.5 Å². The highest BCUT2D eigenvalue weighted by Gasteiger charge is 2.06. The third kappa shape index (κ3) is 11.2. The van der Waals surface area contributed by atoms with Crippen molar-refractivity contribution in [1.29, 1.82) is 0 Å². The molecule has 4 nitrogen and oxygen atoms in total. The first kappa shape index (κ1) is 27.6. The molecule has 1 N–H and O–H groups in total. The fourth-order valence-corrected chi connectivity index (χ4v) is 2.78. The number of hydrogen-bond donors (Lipinski definition) is 1. The summed E-state index contributed by atoms with van der Waals surface area (Å²) in [5, 5.41) is 8.54. The zero-order valence-corrected chi connectivity index (χ0v) is 20.4. The Labute approximate surface area is 198 Å². The Morgan fingerprint density at radius 1 is 1.06 bits per heavy atom. The molecule has 0 amide bonds. The Kier molecular flexibility index (Phi) is 12.9. The van der Waals surface area contributed by atoms with Crippen molar-refractivity contribution in [1.82, 2.24) is 0 Å². The second-order valence-corrected chi connectivity index (χ2v) is 7.75. The van der Waals surface area contributed by atoms with E-state index in [1.807, 2.05) is 88.4 Å². The summed E-state index contributed by atoms with van der Waals surface area (Å²) in [5.41, 5.74) is 4.85. The summed E-state index contributed by atoms with van der Waals surface area (Å²) in [5.74, 6) is 0.140. The smallest absolute Gasteiger partial charge is 0.303 e. The van der Waals surface area contributed by atoms with Crippen LogP contribution in [0.3, 0.4) is 0 Å². The Balaban J connectivity index is 0.000000335. The number of carboxylic acids is 1. The van der Waals surface area contributed by atoms with Gasteiger partial charge in [-0.25, -0.2) is 0 Å². The van der Waals surface area contributed by atoms with Gasteiger partial charge in [0.25, 0.3) is 0 Å². The maximum atomic E-state index is 11.9. The Morgan fingerprint density at radius 2 is 1.76 bits per heavy atom. The molecule has 176 valence electrons. The van der Waals surface area contributed by atoms with Gasteiger partial charge in [0, 0.05) is 12.0 Å². The van der Waals surface area contributed by atoms with Gasteiger partial charge in [0.1, 0.15) is 5.75 Å². The Morgan fingerprint density at radius 3 is 2.36 bits per heavy atom. The van der Waals surface area contributed by atoms with Crippen LogP contribution in [0.2, 0.25) is 0 Å². The molecule has 0 atom stereocenters. The number of allylic oxidation sites excluding steroid dienone is 5. The van der Waals surface area contributed by atoms with E-state index in [9.17, 15) is 9.59 Å². The van der Waals surface area contributed by atoms with E-state index in [1.54, 1.807) is 0 Å². The van der Waals surface area contributed by atoms with Crippen molar-refractivity contribution in [3.05, 3.63) is 94.6 Å². The average Bonchev–Trinajstić information content (AvgIpc) is 2.80. The number of ether oxygens (including phenoxy) is 1. The summed E-state index contributed by atoms with van der Waals surface area (Å²) in [4.78, 5) is 22.2. The van der Waals surface area contributed by atoms with Crippen LogP contribution in [-0.2, 0) is 4.79 Å². The number of aliphatic carboxylic acids is 1. The highest BCUT2D eigenvalue weighted by atomic mass is 16.5. The quantitative estimate of drug-likeness (QED) is 0.178. The lowest BCUT2D eigenvalue weighted by atomic mass is 10.0. The van der Waals surface area contributed by atoms with Crippen LogP contribution >= 0.6 is 0 Å². The van der Waals surface area contributed by atoms with Crippen LogP contribution < -0.4 is 4.74 Å².